The van der Waals surface area contributed by atoms with E-state index in [0.717, 1.165) is 37.9 Å². The lowest BCUT2D eigenvalue weighted by Crippen LogP contribution is -2.33. The third kappa shape index (κ3) is 4.47. The van der Waals surface area contributed by atoms with Crippen LogP contribution in [-0.2, 0) is 11.2 Å². The van der Waals surface area contributed by atoms with E-state index in [1.165, 1.54) is 5.56 Å². The SMILES string of the molecule is O=C(O)c1ccc(CC(=O)N2CCCC(c3ccccc3)CC2)cc1. The van der Waals surface area contributed by atoms with Crippen molar-refractivity contribution in [3.05, 3.63) is 71.3 Å². The molecule has 1 aliphatic heterocycles. The maximum atomic E-state index is 12.6. The summed E-state index contributed by atoms with van der Waals surface area (Å²) in [5.41, 5.74) is 2.47. The van der Waals surface area contributed by atoms with Crippen LogP contribution in [0.25, 0.3) is 0 Å². The van der Waals surface area contributed by atoms with E-state index in [0.29, 0.717) is 12.3 Å². The number of carbonyl (C=O) groups is 2. The van der Waals surface area contributed by atoms with Crippen LogP contribution in [0.1, 0.15) is 46.7 Å². The van der Waals surface area contributed by atoms with Crippen LogP contribution in [0.5, 0.6) is 0 Å². The summed E-state index contributed by atoms with van der Waals surface area (Å²) in [6.07, 6.45) is 3.45. The minimum atomic E-state index is -0.947. The highest BCUT2D eigenvalue weighted by molar-refractivity contribution is 5.87. The molecule has 1 atom stereocenters. The van der Waals surface area contributed by atoms with E-state index in [-0.39, 0.29) is 11.5 Å². The highest BCUT2D eigenvalue weighted by atomic mass is 16.4. The fraction of sp³-hybridized carbons (Fsp3) is 0.333. The fourth-order valence-electron chi connectivity index (χ4n) is 3.46. The number of aromatic carboxylic acids is 1. The Kier molecular flexibility index (Phi) is 5.49. The molecule has 3 rings (SSSR count). The number of likely N-dealkylation sites (tertiary alicyclic amines) is 1. The Morgan fingerprint density at radius 2 is 1.68 bits per heavy atom. The van der Waals surface area contributed by atoms with Gasteiger partial charge in [-0.1, -0.05) is 42.5 Å². The van der Waals surface area contributed by atoms with Gasteiger partial charge in [0.1, 0.15) is 0 Å². The molecule has 0 bridgehead atoms. The first-order valence-corrected chi connectivity index (χ1v) is 8.78. The second kappa shape index (κ2) is 7.97. The van der Waals surface area contributed by atoms with Gasteiger partial charge in [0, 0.05) is 13.1 Å². The zero-order valence-electron chi connectivity index (χ0n) is 14.2. The minimum absolute atomic E-state index is 0.122. The first kappa shape index (κ1) is 17.2. The predicted octanol–water partition coefficient (Wildman–Crippen LogP) is 3.72. The first-order valence-electron chi connectivity index (χ1n) is 8.78. The van der Waals surface area contributed by atoms with Crippen LogP contribution >= 0.6 is 0 Å². The maximum absolute atomic E-state index is 12.6. The van der Waals surface area contributed by atoms with Crippen molar-refractivity contribution in [2.24, 2.45) is 0 Å². The molecular formula is C21H23NO3. The zero-order valence-corrected chi connectivity index (χ0v) is 14.2. The van der Waals surface area contributed by atoms with Crippen LogP contribution in [0.2, 0.25) is 0 Å². The normalized spacial score (nSPS) is 17.8. The van der Waals surface area contributed by atoms with Gasteiger partial charge in [-0.15, -0.1) is 0 Å². The van der Waals surface area contributed by atoms with E-state index in [1.807, 2.05) is 11.0 Å². The molecule has 4 nitrogen and oxygen atoms in total. The molecule has 2 aromatic carbocycles. The quantitative estimate of drug-likeness (QED) is 0.925. The number of carbonyl (C=O) groups excluding carboxylic acids is 1. The zero-order chi connectivity index (χ0) is 17.6. The second-order valence-electron chi connectivity index (χ2n) is 6.60. The number of rotatable bonds is 4. The van der Waals surface area contributed by atoms with Crippen LogP contribution in [0.15, 0.2) is 54.6 Å². The summed E-state index contributed by atoms with van der Waals surface area (Å²) in [5, 5.41) is 8.94. The molecule has 0 aliphatic carbocycles. The molecule has 1 fully saturated rings. The van der Waals surface area contributed by atoms with Crippen molar-refractivity contribution < 1.29 is 14.7 Å². The molecule has 1 amide bonds. The Balaban J connectivity index is 1.58. The molecule has 0 spiro atoms. The molecule has 4 heteroatoms. The Labute approximate surface area is 148 Å². The summed E-state index contributed by atoms with van der Waals surface area (Å²) >= 11 is 0. The topological polar surface area (TPSA) is 57.6 Å². The number of benzene rings is 2. The average Bonchev–Trinajstić information content (AvgIpc) is 2.89. The van der Waals surface area contributed by atoms with Gasteiger partial charge >= 0.3 is 5.97 Å². The van der Waals surface area contributed by atoms with Gasteiger partial charge in [-0.2, -0.15) is 0 Å². The molecular weight excluding hydrogens is 314 g/mol. The molecule has 0 saturated carbocycles. The van der Waals surface area contributed by atoms with Crippen molar-refractivity contribution in [3.8, 4) is 0 Å². The fourth-order valence-corrected chi connectivity index (χ4v) is 3.46. The Hall–Kier alpha value is -2.62. The number of hydrogen-bond donors (Lipinski definition) is 1. The van der Waals surface area contributed by atoms with Crippen LogP contribution in [0.4, 0.5) is 0 Å². The van der Waals surface area contributed by atoms with Crippen molar-refractivity contribution in [3.63, 3.8) is 0 Å². The second-order valence-corrected chi connectivity index (χ2v) is 6.60. The van der Waals surface area contributed by atoms with Gasteiger partial charge in [-0.05, 0) is 48.4 Å². The summed E-state index contributed by atoms with van der Waals surface area (Å²) in [6.45, 7) is 1.58. The third-order valence-electron chi connectivity index (χ3n) is 4.91. The summed E-state index contributed by atoms with van der Waals surface area (Å²) in [6, 6.07) is 17.1. The maximum Gasteiger partial charge on any atom is 0.335 e. The van der Waals surface area contributed by atoms with Crippen LogP contribution < -0.4 is 0 Å². The number of nitrogens with zero attached hydrogens (tertiary/aromatic N) is 1. The standard InChI is InChI=1S/C21H23NO3/c23-20(15-16-8-10-19(11-9-16)21(24)25)22-13-4-7-18(12-14-22)17-5-2-1-3-6-17/h1-3,5-6,8-11,18H,4,7,12-15H2,(H,24,25). The molecule has 25 heavy (non-hydrogen) atoms. The Morgan fingerprint density at radius 1 is 0.960 bits per heavy atom. The van der Waals surface area contributed by atoms with Gasteiger partial charge in [0.25, 0.3) is 0 Å². The molecule has 1 saturated heterocycles. The van der Waals surface area contributed by atoms with Gasteiger partial charge < -0.3 is 10.0 Å². The van der Waals surface area contributed by atoms with Gasteiger partial charge in [0.2, 0.25) is 5.91 Å². The smallest absolute Gasteiger partial charge is 0.335 e. The van der Waals surface area contributed by atoms with Crippen LogP contribution in [0, 0.1) is 0 Å². The molecule has 1 aliphatic rings. The molecule has 1 unspecified atom stereocenters. The van der Waals surface area contributed by atoms with Crippen molar-refractivity contribution in [1.29, 1.82) is 0 Å². The van der Waals surface area contributed by atoms with E-state index >= 15 is 0 Å². The van der Waals surface area contributed by atoms with E-state index in [9.17, 15) is 9.59 Å². The van der Waals surface area contributed by atoms with Crippen LogP contribution in [0.3, 0.4) is 0 Å². The summed E-state index contributed by atoms with van der Waals surface area (Å²) in [5.74, 6) is -0.303. The third-order valence-corrected chi connectivity index (χ3v) is 4.91. The summed E-state index contributed by atoms with van der Waals surface area (Å²) in [4.78, 5) is 25.4. The molecule has 1 N–H and O–H groups in total. The van der Waals surface area contributed by atoms with E-state index in [2.05, 4.69) is 24.3 Å². The first-order chi connectivity index (χ1) is 12.1. The van der Waals surface area contributed by atoms with E-state index in [1.54, 1.807) is 24.3 Å². The summed E-state index contributed by atoms with van der Waals surface area (Å²) < 4.78 is 0. The van der Waals surface area contributed by atoms with Gasteiger partial charge in [0.05, 0.1) is 12.0 Å². The lowest BCUT2D eigenvalue weighted by molar-refractivity contribution is -0.130. The Bertz CT molecular complexity index is 725. The number of carboxylic acid groups (broad SMARTS) is 1. The highest BCUT2D eigenvalue weighted by Gasteiger charge is 2.21. The number of hydrogen-bond acceptors (Lipinski definition) is 2. The number of carboxylic acids is 1. The Morgan fingerprint density at radius 3 is 2.36 bits per heavy atom. The van der Waals surface area contributed by atoms with Crippen molar-refractivity contribution >= 4 is 11.9 Å². The van der Waals surface area contributed by atoms with E-state index in [4.69, 9.17) is 5.11 Å². The predicted molar refractivity (Wildman–Crippen MR) is 96.7 cm³/mol. The lowest BCUT2D eigenvalue weighted by Gasteiger charge is -2.21. The van der Waals surface area contributed by atoms with Gasteiger partial charge in [0.15, 0.2) is 0 Å². The highest BCUT2D eigenvalue weighted by Crippen LogP contribution is 2.28. The molecule has 0 radical (unpaired) electrons. The molecule has 1 heterocycles. The van der Waals surface area contributed by atoms with Crippen LogP contribution in [-0.4, -0.2) is 35.0 Å². The van der Waals surface area contributed by atoms with Gasteiger partial charge in [-0.3, -0.25) is 4.79 Å². The summed E-state index contributed by atoms with van der Waals surface area (Å²) in [7, 11) is 0. The molecule has 0 aromatic heterocycles. The van der Waals surface area contributed by atoms with Gasteiger partial charge in [-0.25, -0.2) is 4.79 Å². The van der Waals surface area contributed by atoms with Crippen molar-refractivity contribution in [2.75, 3.05) is 13.1 Å². The monoisotopic (exact) mass is 337 g/mol. The molecule has 130 valence electrons. The van der Waals surface area contributed by atoms with Crippen molar-refractivity contribution in [2.45, 2.75) is 31.6 Å². The number of amides is 1. The average molecular weight is 337 g/mol. The largest absolute Gasteiger partial charge is 0.478 e. The lowest BCUT2D eigenvalue weighted by atomic mass is 9.92. The molecule has 2 aromatic rings. The van der Waals surface area contributed by atoms with Crippen molar-refractivity contribution in [1.82, 2.24) is 4.90 Å². The van der Waals surface area contributed by atoms with E-state index < -0.39 is 5.97 Å². The minimum Gasteiger partial charge on any atom is -0.478 e.